The van der Waals surface area contributed by atoms with E-state index in [1.54, 1.807) is 19.2 Å². The first-order valence-corrected chi connectivity index (χ1v) is 10.3. The molecule has 28 heavy (non-hydrogen) atoms. The van der Waals surface area contributed by atoms with E-state index in [1.165, 1.54) is 38.4 Å². The lowest BCUT2D eigenvalue weighted by atomic mass is 9.80. The zero-order valence-corrected chi connectivity index (χ0v) is 16.8. The van der Waals surface area contributed by atoms with Gasteiger partial charge in [-0.15, -0.1) is 0 Å². The van der Waals surface area contributed by atoms with Crippen molar-refractivity contribution in [1.82, 2.24) is 20.9 Å². The van der Waals surface area contributed by atoms with E-state index in [1.807, 2.05) is 0 Å². The molecule has 1 aliphatic carbocycles. The summed E-state index contributed by atoms with van der Waals surface area (Å²) in [6.45, 7) is 5.63. The van der Waals surface area contributed by atoms with Crippen LogP contribution in [-0.4, -0.2) is 75.3 Å². The van der Waals surface area contributed by atoms with Gasteiger partial charge in [0.15, 0.2) is 11.7 Å². The highest BCUT2D eigenvalue weighted by atomic mass is 16.5. The molecular formula is C20H33N5O3. The monoisotopic (exact) mass is 391 g/mol. The second-order valence-electron chi connectivity index (χ2n) is 7.47. The number of carbonyl (C=O) groups excluding carboxylic acids is 1. The predicted molar refractivity (Wildman–Crippen MR) is 109 cm³/mol. The molecule has 2 heterocycles. The number of carbonyl (C=O) groups is 1. The zero-order valence-electron chi connectivity index (χ0n) is 16.8. The molecule has 1 aromatic rings. The molecule has 1 amide bonds. The Balaban J connectivity index is 1.44. The number of hydrogen-bond donors (Lipinski definition) is 3. The fourth-order valence-corrected chi connectivity index (χ4v) is 4.17. The molecule has 1 aromatic heterocycles. The maximum absolute atomic E-state index is 11.9. The number of morpholine rings is 1. The Kier molecular flexibility index (Phi) is 7.73. The summed E-state index contributed by atoms with van der Waals surface area (Å²) in [6, 6.07) is 3.35. The molecule has 0 unspecified atom stereocenters. The van der Waals surface area contributed by atoms with Gasteiger partial charge < -0.3 is 25.1 Å². The summed E-state index contributed by atoms with van der Waals surface area (Å²) in [7, 11) is 1.78. The van der Waals surface area contributed by atoms with Crippen LogP contribution in [0.5, 0.6) is 0 Å². The van der Waals surface area contributed by atoms with Gasteiger partial charge >= 0.3 is 0 Å². The Hall–Kier alpha value is -2.06. The Morgan fingerprint density at radius 3 is 2.57 bits per heavy atom. The highest BCUT2D eigenvalue weighted by molar-refractivity contribution is 5.91. The molecule has 2 fully saturated rings. The molecule has 1 aliphatic heterocycles. The second kappa shape index (κ2) is 10.5. The number of guanidine groups is 1. The Morgan fingerprint density at radius 1 is 1.14 bits per heavy atom. The minimum Gasteiger partial charge on any atom is -0.459 e. The molecule has 0 radical (unpaired) electrons. The molecule has 0 bridgehead atoms. The lowest BCUT2D eigenvalue weighted by Crippen LogP contribution is -2.60. The number of nitrogens with zero attached hydrogens (tertiary/aromatic N) is 2. The fourth-order valence-electron chi connectivity index (χ4n) is 4.17. The molecule has 1 saturated carbocycles. The Bertz CT molecular complexity index is 620. The largest absolute Gasteiger partial charge is 0.459 e. The van der Waals surface area contributed by atoms with Crippen LogP contribution in [0.2, 0.25) is 0 Å². The quantitative estimate of drug-likeness (QED) is 0.368. The topological polar surface area (TPSA) is 91.1 Å². The summed E-state index contributed by atoms with van der Waals surface area (Å²) in [5, 5.41) is 9.63. The third-order valence-electron chi connectivity index (χ3n) is 5.72. The van der Waals surface area contributed by atoms with Crippen LogP contribution in [0.4, 0.5) is 0 Å². The van der Waals surface area contributed by atoms with Crippen molar-refractivity contribution in [2.45, 2.75) is 37.6 Å². The molecular weight excluding hydrogens is 358 g/mol. The minimum absolute atomic E-state index is 0.188. The van der Waals surface area contributed by atoms with Gasteiger partial charge in [-0.05, 0) is 25.0 Å². The zero-order chi connectivity index (χ0) is 19.7. The van der Waals surface area contributed by atoms with Gasteiger partial charge in [0.1, 0.15) is 0 Å². The minimum atomic E-state index is -0.205. The number of ether oxygens (including phenoxy) is 1. The predicted octanol–water partition coefficient (Wildman–Crippen LogP) is 1.21. The molecule has 156 valence electrons. The van der Waals surface area contributed by atoms with E-state index in [0.717, 1.165) is 38.8 Å². The van der Waals surface area contributed by atoms with Gasteiger partial charge in [-0.1, -0.05) is 19.3 Å². The van der Waals surface area contributed by atoms with Crippen molar-refractivity contribution in [3.8, 4) is 0 Å². The molecule has 0 spiro atoms. The van der Waals surface area contributed by atoms with Crippen LogP contribution in [0.3, 0.4) is 0 Å². The van der Waals surface area contributed by atoms with Crippen molar-refractivity contribution in [1.29, 1.82) is 0 Å². The molecule has 1 saturated heterocycles. The number of furan rings is 1. The summed E-state index contributed by atoms with van der Waals surface area (Å²) >= 11 is 0. The van der Waals surface area contributed by atoms with Crippen LogP contribution in [0.15, 0.2) is 27.8 Å². The average molecular weight is 392 g/mol. The first-order valence-electron chi connectivity index (χ1n) is 10.3. The number of hydrogen-bond acceptors (Lipinski definition) is 5. The first kappa shape index (κ1) is 20.7. The van der Waals surface area contributed by atoms with E-state index >= 15 is 0 Å². The van der Waals surface area contributed by atoms with Gasteiger partial charge in [0, 0.05) is 45.3 Å². The molecule has 3 N–H and O–H groups in total. The third-order valence-corrected chi connectivity index (χ3v) is 5.72. The molecule has 2 aliphatic rings. The van der Waals surface area contributed by atoms with Crippen molar-refractivity contribution in [2.75, 3.05) is 53.0 Å². The second-order valence-corrected chi connectivity index (χ2v) is 7.47. The van der Waals surface area contributed by atoms with E-state index in [0.29, 0.717) is 18.8 Å². The van der Waals surface area contributed by atoms with Crippen molar-refractivity contribution >= 4 is 11.9 Å². The summed E-state index contributed by atoms with van der Waals surface area (Å²) in [4.78, 5) is 18.8. The van der Waals surface area contributed by atoms with Crippen molar-refractivity contribution < 1.29 is 13.9 Å². The standard InChI is InChI=1S/C20H33N5O3/c1-21-19(23-10-9-22-18(26)17-6-5-13-28-17)24-16-20(7-3-2-4-8-20)25-11-14-27-15-12-25/h5-6,13H,2-4,7-12,14-16H2,1H3,(H,22,26)(H2,21,23,24). The number of amides is 1. The normalized spacial score (nSPS) is 20.5. The SMILES string of the molecule is CN=C(NCCNC(=O)c1ccco1)NCC1(N2CCOCC2)CCCCC1. The van der Waals surface area contributed by atoms with Crippen molar-refractivity contribution in [3.05, 3.63) is 24.2 Å². The molecule has 0 atom stereocenters. The summed E-state index contributed by atoms with van der Waals surface area (Å²) in [5.41, 5.74) is 0.188. The van der Waals surface area contributed by atoms with Crippen molar-refractivity contribution in [3.63, 3.8) is 0 Å². The highest BCUT2D eigenvalue weighted by Gasteiger charge is 2.38. The summed E-state index contributed by atoms with van der Waals surface area (Å²) in [5.74, 6) is 0.890. The lowest BCUT2D eigenvalue weighted by molar-refractivity contribution is -0.0352. The van der Waals surface area contributed by atoms with Crippen LogP contribution in [0, 0.1) is 0 Å². The Morgan fingerprint density at radius 2 is 1.89 bits per heavy atom. The van der Waals surface area contributed by atoms with Gasteiger partial charge in [-0.2, -0.15) is 0 Å². The van der Waals surface area contributed by atoms with Crippen LogP contribution in [0.1, 0.15) is 42.7 Å². The smallest absolute Gasteiger partial charge is 0.287 e. The molecule has 3 rings (SSSR count). The number of rotatable bonds is 7. The van der Waals surface area contributed by atoms with Crippen LogP contribution >= 0.6 is 0 Å². The number of nitrogens with one attached hydrogen (secondary N) is 3. The maximum atomic E-state index is 11.9. The summed E-state index contributed by atoms with van der Waals surface area (Å²) < 4.78 is 10.6. The van der Waals surface area contributed by atoms with Gasteiger partial charge in [0.05, 0.1) is 19.5 Å². The van der Waals surface area contributed by atoms with E-state index in [2.05, 4.69) is 25.8 Å². The van der Waals surface area contributed by atoms with Crippen molar-refractivity contribution in [2.24, 2.45) is 4.99 Å². The fraction of sp³-hybridized carbons (Fsp3) is 0.700. The van der Waals surface area contributed by atoms with E-state index in [4.69, 9.17) is 9.15 Å². The van der Waals surface area contributed by atoms with Gasteiger partial charge in [-0.25, -0.2) is 0 Å². The Labute approximate surface area is 167 Å². The highest BCUT2D eigenvalue weighted by Crippen LogP contribution is 2.33. The van der Waals surface area contributed by atoms with Crippen LogP contribution in [0.25, 0.3) is 0 Å². The van der Waals surface area contributed by atoms with Gasteiger partial charge in [0.25, 0.3) is 5.91 Å². The van der Waals surface area contributed by atoms with Gasteiger partial charge in [-0.3, -0.25) is 14.7 Å². The van der Waals surface area contributed by atoms with Crippen LogP contribution < -0.4 is 16.0 Å². The molecule has 0 aromatic carbocycles. The molecule has 8 heteroatoms. The van der Waals surface area contributed by atoms with Crippen LogP contribution in [-0.2, 0) is 4.74 Å². The molecule has 8 nitrogen and oxygen atoms in total. The van der Waals surface area contributed by atoms with E-state index < -0.39 is 0 Å². The summed E-state index contributed by atoms with van der Waals surface area (Å²) in [6.07, 6.45) is 7.82. The average Bonchev–Trinajstić information content (AvgIpc) is 3.29. The number of aliphatic imine (C=N–C) groups is 1. The first-order chi connectivity index (χ1) is 13.7. The van der Waals surface area contributed by atoms with Gasteiger partial charge in [0.2, 0.25) is 0 Å². The van der Waals surface area contributed by atoms with E-state index in [9.17, 15) is 4.79 Å². The lowest BCUT2D eigenvalue weighted by Gasteiger charge is -2.48. The maximum Gasteiger partial charge on any atom is 0.287 e. The third kappa shape index (κ3) is 5.48. The van der Waals surface area contributed by atoms with E-state index in [-0.39, 0.29) is 11.4 Å².